The second-order valence-corrected chi connectivity index (χ2v) is 5.43. The van der Waals surface area contributed by atoms with Crippen LogP contribution in [0, 0.1) is 17.0 Å². The fraction of sp³-hybridized carbons (Fsp3) is 0.125. The van der Waals surface area contributed by atoms with E-state index >= 15 is 0 Å². The minimum absolute atomic E-state index is 0.245. The van der Waals surface area contributed by atoms with Crippen LogP contribution in [0.15, 0.2) is 41.5 Å². The number of hydrogen-bond acceptors (Lipinski definition) is 6. The molecule has 0 fully saturated rings. The Morgan fingerprint density at radius 2 is 2.16 bits per heavy atom. The fourth-order valence-corrected chi connectivity index (χ4v) is 2.13. The largest absolute Gasteiger partial charge is 0.502 e. The van der Waals surface area contributed by atoms with Crippen molar-refractivity contribution >= 4 is 29.4 Å². The number of phenols is 1. The van der Waals surface area contributed by atoms with E-state index in [1.54, 1.807) is 25.1 Å². The third-order valence-corrected chi connectivity index (χ3v) is 3.33. The van der Waals surface area contributed by atoms with Crippen molar-refractivity contribution in [1.82, 2.24) is 5.43 Å². The molecule has 2 rings (SSSR count). The molecule has 130 valence electrons. The van der Waals surface area contributed by atoms with Gasteiger partial charge in [0.2, 0.25) is 0 Å². The smallest absolute Gasteiger partial charge is 0.310 e. The van der Waals surface area contributed by atoms with E-state index in [9.17, 15) is 20.0 Å². The van der Waals surface area contributed by atoms with Gasteiger partial charge in [-0.3, -0.25) is 14.9 Å². The summed E-state index contributed by atoms with van der Waals surface area (Å²) in [5.41, 5.74) is 3.03. The zero-order valence-electron chi connectivity index (χ0n) is 13.1. The van der Waals surface area contributed by atoms with Crippen molar-refractivity contribution in [1.29, 1.82) is 0 Å². The number of rotatable bonds is 6. The minimum Gasteiger partial charge on any atom is -0.502 e. The molecule has 0 radical (unpaired) electrons. The van der Waals surface area contributed by atoms with Crippen molar-refractivity contribution in [2.45, 2.75) is 6.92 Å². The van der Waals surface area contributed by atoms with Crippen LogP contribution in [-0.4, -0.2) is 28.8 Å². The van der Waals surface area contributed by atoms with E-state index in [4.69, 9.17) is 16.3 Å². The summed E-state index contributed by atoms with van der Waals surface area (Å²) >= 11 is 5.84. The van der Waals surface area contributed by atoms with Gasteiger partial charge in [-0.2, -0.15) is 5.10 Å². The third-order valence-electron chi connectivity index (χ3n) is 3.09. The van der Waals surface area contributed by atoms with Crippen LogP contribution in [0.4, 0.5) is 5.69 Å². The lowest BCUT2D eigenvalue weighted by atomic mass is 10.2. The summed E-state index contributed by atoms with van der Waals surface area (Å²) in [7, 11) is 0. The maximum Gasteiger partial charge on any atom is 0.310 e. The van der Waals surface area contributed by atoms with E-state index in [2.05, 4.69) is 10.5 Å². The van der Waals surface area contributed by atoms with Crippen molar-refractivity contribution in [3.8, 4) is 11.5 Å². The van der Waals surface area contributed by atoms with E-state index in [0.717, 1.165) is 11.6 Å². The summed E-state index contributed by atoms with van der Waals surface area (Å²) in [5, 5.41) is 24.4. The number of nitro groups is 1. The zero-order chi connectivity index (χ0) is 18.4. The molecule has 1 amide bonds. The highest BCUT2D eigenvalue weighted by Gasteiger charge is 2.12. The SMILES string of the molecule is Cc1cc(Cl)ccc1OCC(=O)N/N=C\c1ccc([N+](=O)[O-])c(O)c1. The average molecular weight is 364 g/mol. The number of benzene rings is 2. The molecule has 25 heavy (non-hydrogen) atoms. The highest BCUT2D eigenvalue weighted by atomic mass is 35.5. The number of nitrogens with zero attached hydrogens (tertiary/aromatic N) is 2. The molecule has 0 saturated heterocycles. The number of nitro benzene ring substituents is 1. The standard InChI is InChI=1S/C16H14ClN3O5/c1-10-6-12(17)3-5-15(10)25-9-16(22)19-18-8-11-2-4-13(20(23)24)14(21)7-11/h2-8,21H,9H2,1H3,(H,19,22)/b18-8-. The number of hydrazone groups is 1. The maximum absolute atomic E-state index is 11.7. The fourth-order valence-electron chi connectivity index (χ4n) is 1.90. The number of ether oxygens (including phenoxy) is 1. The molecule has 2 N–H and O–H groups in total. The highest BCUT2D eigenvalue weighted by Crippen LogP contribution is 2.25. The summed E-state index contributed by atoms with van der Waals surface area (Å²) in [4.78, 5) is 21.6. The first-order valence-electron chi connectivity index (χ1n) is 7.05. The molecule has 0 bridgehead atoms. The number of amides is 1. The van der Waals surface area contributed by atoms with Gasteiger partial charge >= 0.3 is 5.69 Å². The summed E-state index contributed by atoms with van der Waals surface area (Å²) in [6.07, 6.45) is 1.24. The Morgan fingerprint density at radius 3 is 2.80 bits per heavy atom. The molecule has 0 atom stereocenters. The molecular formula is C16H14ClN3O5. The van der Waals surface area contributed by atoms with Gasteiger partial charge in [0.05, 0.1) is 11.1 Å². The zero-order valence-corrected chi connectivity index (χ0v) is 13.9. The van der Waals surface area contributed by atoms with Crippen LogP contribution in [0.25, 0.3) is 0 Å². The lowest BCUT2D eigenvalue weighted by Crippen LogP contribution is -2.24. The second-order valence-electron chi connectivity index (χ2n) is 5.00. The van der Waals surface area contributed by atoms with Crippen molar-refractivity contribution in [2.75, 3.05) is 6.61 Å². The molecule has 0 aliphatic heterocycles. The summed E-state index contributed by atoms with van der Waals surface area (Å²) < 4.78 is 5.36. The topological polar surface area (TPSA) is 114 Å². The van der Waals surface area contributed by atoms with E-state index < -0.39 is 22.3 Å². The Labute approximate surface area is 147 Å². The molecule has 9 heteroatoms. The van der Waals surface area contributed by atoms with E-state index in [-0.39, 0.29) is 6.61 Å². The average Bonchev–Trinajstić information content (AvgIpc) is 2.53. The molecule has 0 aromatic heterocycles. The maximum atomic E-state index is 11.7. The predicted octanol–water partition coefficient (Wildman–Crippen LogP) is 2.79. The van der Waals surface area contributed by atoms with Crippen molar-refractivity contribution < 1.29 is 19.6 Å². The van der Waals surface area contributed by atoms with Gasteiger partial charge in [-0.25, -0.2) is 5.43 Å². The number of hydrogen-bond donors (Lipinski definition) is 2. The number of nitrogens with one attached hydrogen (secondary N) is 1. The minimum atomic E-state index is -0.700. The monoisotopic (exact) mass is 363 g/mol. The molecule has 8 nitrogen and oxygen atoms in total. The van der Waals surface area contributed by atoms with Gasteiger partial charge in [-0.1, -0.05) is 11.6 Å². The van der Waals surface area contributed by atoms with Gasteiger partial charge in [0.25, 0.3) is 5.91 Å². The number of aryl methyl sites for hydroxylation is 1. The molecule has 2 aromatic carbocycles. The lowest BCUT2D eigenvalue weighted by Gasteiger charge is -2.08. The lowest BCUT2D eigenvalue weighted by molar-refractivity contribution is -0.385. The van der Waals surface area contributed by atoms with Gasteiger partial charge in [0.15, 0.2) is 12.4 Å². The number of aromatic hydroxyl groups is 1. The molecule has 2 aromatic rings. The van der Waals surface area contributed by atoms with Crippen LogP contribution in [0.3, 0.4) is 0 Å². The first kappa shape index (κ1) is 18.2. The Morgan fingerprint density at radius 1 is 1.40 bits per heavy atom. The molecular weight excluding hydrogens is 350 g/mol. The van der Waals surface area contributed by atoms with Crippen LogP contribution >= 0.6 is 11.6 Å². The Hall–Kier alpha value is -3.13. The highest BCUT2D eigenvalue weighted by molar-refractivity contribution is 6.30. The van der Waals surface area contributed by atoms with Crippen LogP contribution in [-0.2, 0) is 4.79 Å². The normalized spacial score (nSPS) is 10.6. The number of phenolic OH excluding ortho intramolecular Hbond substituents is 1. The predicted molar refractivity (Wildman–Crippen MR) is 92.2 cm³/mol. The van der Waals surface area contributed by atoms with Gasteiger partial charge in [0.1, 0.15) is 5.75 Å². The molecule has 0 heterocycles. The van der Waals surface area contributed by atoms with Crippen LogP contribution in [0.1, 0.15) is 11.1 Å². The second kappa shape index (κ2) is 8.11. The molecule has 0 aliphatic carbocycles. The van der Waals surface area contributed by atoms with Crippen molar-refractivity contribution in [3.05, 3.63) is 62.7 Å². The van der Waals surface area contributed by atoms with Gasteiger partial charge in [-0.15, -0.1) is 0 Å². The van der Waals surface area contributed by atoms with E-state index in [1.165, 1.54) is 18.3 Å². The van der Waals surface area contributed by atoms with E-state index in [0.29, 0.717) is 16.3 Å². The first-order valence-corrected chi connectivity index (χ1v) is 7.43. The number of carbonyl (C=O) groups is 1. The Kier molecular flexibility index (Phi) is 5.91. The third kappa shape index (κ3) is 5.18. The summed E-state index contributed by atoms with van der Waals surface area (Å²) in [6, 6.07) is 8.73. The van der Waals surface area contributed by atoms with Crippen molar-refractivity contribution in [3.63, 3.8) is 0 Å². The first-order chi connectivity index (χ1) is 11.9. The Bertz CT molecular complexity index is 839. The number of carbonyl (C=O) groups excluding carboxylic acids is 1. The van der Waals surface area contributed by atoms with Gasteiger partial charge in [0, 0.05) is 11.1 Å². The summed E-state index contributed by atoms with van der Waals surface area (Å²) in [5.74, 6) is -0.442. The van der Waals surface area contributed by atoms with E-state index in [1.807, 2.05) is 0 Å². The Balaban J connectivity index is 1.88. The molecule has 0 aliphatic rings. The van der Waals surface area contributed by atoms with Crippen molar-refractivity contribution in [2.24, 2.45) is 5.10 Å². The van der Waals surface area contributed by atoms with Gasteiger partial charge < -0.3 is 9.84 Å². The van der Waals surface area contributed by atoms with Gasteiger partial charge in [-0.05, 0) is 48.4 Å². The van der Waals surface area contributed by atoms with Crippen LogP contribution < -0.4 is 10.2 Å². The quantitative estimate of drug-likeness (QED) is 0.465. The van der Waals surface area contributed by atoms with Crippen LogP contribution in [0.2, 0.25) is 5.02 Å². The number of halogens is 1. The van der Waals surface area contributed by atoms with Crippen LogP contribution in [0.5, 0.6) is 11.5 Å². The molecule has 0 spiro atoms. The molecule has 0 saturated carbocycles. The summed E-state index contributed by atoms with van der Waals surface area (Å²) in [6.45, 7) is 1.56. The molecule has 0 unspecified atom stereocenters.